The van der Waals surface area contributed by atoms with Crippen molar-refractivity contribution in [3.8, 4) is 17.2 Å². The first-order valence-corrected chi connectivity index (χ1v) is 6.49. The Kier molecular flexibility index (Phi) is 4.77. The van der Waals surface area contributed by atoms with Gasteiger partial charge in [-0.1, -0.05) is 18.2 Å². The first-order chi connectivity index (χ1) is 10.1. The molecule has 21 heavy (non-hydrogen) atoms. The summed E-state index contributed by atoms with van der Waals surface area (Å²) >= 11 is 0. The molecular formula is C16H17FO4. The number of methoxy groups -OCH3 is 1. The molecule has 0 amide bonds. The van der Waals surface area contributed by atoms with E-state index in [2.05, 4.69) is 0 Å². The highest BCUT2D eigenvalue weighted by Gasteiger charge is 2.16. The molecule has 4 nitrogen and oxygen atoms in total. The fourth-order valence-electron chi connectivity index (χ4n) is 1.97. The van der Waals surface area contributed by atoms with Gasteiger partial charge in [0.15, 0.2) is 23.1 Å². The van der Waals surface area contributed by atoms with Crippen LogP contribution in [0.4, 0.5) is 4.39 Å². The van der Waals surface area contributed by atoms with Crippen LogP contribution in [0.1, 0.15) is 24.2 Å². The van der Waals surface area contributed by atoms with Crippen LogP contribution < -0.4 is 9.47 Å². The first kappa shape index (κ1) is 15.3. The smallest absolute Gasteiger partial charge is 0.169 e. The minimum absolute atomic E-state index is 0.0393. The third-order valence-electron chi connectivity index (χ3n) is 3.07. The average molecular weight is 292 g/mol. The predicted octanol–water partition coefficient (Wildman–Crippen LogP) is 3.17. The summed E-state index contributed by atoms with van der Waals surface area (Å²) < 4.78 is 24.7. The molecule has 0 radical (unpaired) electrons. The molecule has 0 aliphatic rings. The second kappa shape index (κ2) is 6.56. The summed E-state index contributed by atoms with van der Waals surface area (Å²) in [6.45, 7) is 1.41. The van der Waals surface area contributed by atoms with Crippen LogP contribution in [0.2, 0.25) is 0 Å². The maximum Gasteiger partial charge on any atom is 0.169 e. The number of aliphatic hydroxyl groups excluding tert-OH is 2. The van der Waals surface area contributed by atoms with E-state index in [-0.39, 0.29) is 12.4 Å². The van der Waals surface area contributed by atoms with Crippen molar-refractivity contribution in [2.45, 2.75) is 19.6 Å². The zero-order chi connectivity index (χ0) is 15.4. The van der Waals surface area contributed by atoms with Crippen molar-refractivity contribution in [1.29, 1.82) is 0 Å². The van der Waals surface area contributed by atoms with Gasteiger partial charge in [0.05, 0.1) is 19.8 Å². The Morgan fingerprint density at radius 2 is 1.95 bits per heavy atom. The van der Waals surface area contributed by atoms with Gasteiger partial charge in [-0.05, 0) is 30.7 Å². The van der Waals surface area contributed by atoms with Gasteiger partial charge in [-0.3, -0.25) is 0 Å². The molecular weight excluding hydrogens is 275 g/mol. The van der Waals surface area contributed by atoms with E-state index in [1.807, 2.05) is 0 Å². The Morgan fingerprint density at radius 1 is 1.19 bits per heavy atom. The van der Waals surface area contributed by atoms with Gasteiger partial charge in [0, 0.05) is 5.56 Å². The van der Waals surface area contributed by atoms with Crippen LogP contribution in [0.5, 0.6) is 17.2 Å². The number of hydrogen-bond acceptors (Lipinski definition) is 4. The Hall–Kier alpha value is -2.11. The van der Waals surface area contributed by atoms with Crippen molar-refractivity contribution in [3.05, 3.63) is 53.3 Å². The molecule has 5 heteroatoms. The fourth-order valence-corrected chi connectivity index (χ4v) is 1.97. The molecule has 1 atom stereocenters. The second-order valence-electron chi connectivity index (χ2n) is 4.58. The number of aliphatic hydroxyl groups is 2. The molecule has 2 N–H and O–H groups in total. The highest BCUT2D eigenvalue weighted by Crippen LogP contribution is 2.37. The number of ether oxygens (including phenoxy) is 2. The van der Waals surface area contributed by atoms with Crippen LogP contribution >= 0.6 is 0 Å². The van der Waals surface area contributed by atoms with Gasteiger partial charge < -0.3 is 19.7 Å². The monoisotopic (exact) mass is 292 g/mol. The lowest BCUT2D eigenvalue weighted by atomic mass is 10.1. The Bertz CT molecular complexity index is 626. The summed E-state index contributed by atoms with van der Waals surface area (Å²) in [7, 11) is 1.46. The van der Waals surface area contributed by atoms with Crippen LogP contribution in [-0.2, 0) is 6.61 Å². The lowest BCUT2D eigenvalue weighted by molar-refractivity contribution is 0.194. The highest BCUT2D eigenvalue weighted by atomic mass is 19.1. The van der Waals surface area contributed by atoms with Crippen LogP contribution in [0.3, 0.4) is 0 Å². The van der Waals surface area contributed by atoms with Crippen molar-refractivity contribution in [3.63, 3.8) is 0 Å². The van der Waals surface area contributed by atoms with E-state index in [9.17, 15) is 9.50 Å². The molecule has 2 aromatic rings. The molecule has 0 spiro atoms. The second-order valence-corrected chi connectivity index (χ2v) is 4.58. The Labute approximate surface area is 122 Å². The molecule has 0 aromatic heterocycles. The maximum absolute atomic E-state index is 14.0. The molecule has 0 saturated carbocycles. The van der Waals surface area contributed by atoms with Crippen molar-refractivity contribution >= 4 is 0 Å². The van der Waals surface area contributed by atoms with E-state index in [1.165, 1.54) is 26.2 Å². The quantitative estimate of drug-likeness (QED) is 0.888. The molecule has 0 bridgehead atoms. The summed E-state index contributed by atoms with van der Waals surface area (Å²) in [4.78, 5) is 0. The molecule has 0 aliphatic carbocycles. The van der Waals surface area contributed by atoms with Gasteiger partial charge in [-0.25, -0.2) is 4.39 Å². The fraction of sp³-hybridized carbons (Fsp3) is 0.250. The van der Waals surface area contributed by atoms with Gasteiger partial charge in [-0.2, -0.15) is 0 Å². The lowest BCUT2D eigenvalue weighted by Crippen LogP contribution is -2.00. The van der Waals surface area contributed by atoms with E-state index in [0.29, 0.717) is 22.6 Å². The van der Waals surface area contributed by atoms with Gasteiger partial charge in [0.1, 0.15) is 0 Å². The van der Waals surface area contributed by atoms with Crippen LogP contribution in [0.15, 0.2) is 36.4 Å². The summed E-state index contributed by atoms with van der Waals surface area (Å²) in [5.74, 6) is 0.0762. The third kappa shape index (κ3) is 3.32. The number of hydrogen-bond donors (Lipinski definition) is 2. The summed E-state index contributed by atoms with van der Waals surface area (Å²) in [5, 5.41) is 18.8. The standard InChI is InChI=1S/C16H17FO4/c1-10(19)12-4-3-5-13(17)16(12)21-14-7-6-11(9-18)8-15(14)20-2/h3-8,10,18-19H,9H2,1-2H3/t10-/m0/s1. The molecule has 0 saturated heterocycles. The van der Waals surface area contributed by atoms with Crippen LogP contribution in [-0.4, -0.2) is 17.3 Å². The highest BCUT2D eigenvalue weighted by molar-refractivity contribution is 5.47. The summed E-state index contributed by atoms with van der Waals surface area (Å²) in [6, 6.07) is 9.21. The van der Waals surface area contributed by atoms with Crippen molar-refractivity contribution in [1.82, 2.24) is 0 Å². The van der Waals surface area contributed by atoms with E-state index in [1.54, 1.807) is 24.3 Å². The van der Waals surface area contributed by atoms with Gasteiger partial charge in [-0.15, -0.1) is 0 Å². The molecule has 0 unspecified atom stereocenters. The van der Waals surface area contributed by atoms with Crippen LogP contribution in [0, 0.1) is 5.82 Å². The number of halogens is 1. The minimum Gasteiger partial charge on any atom is -0.493 e. The Balaban J connectivity index is 2.43. The number of benzene rings is 2. The summed E-state index contributed by atoms with van der Waals surface area (Å²) in [6.07, 6.45) is -0.863. The van der Waals surface area contributed by atoms with Crippen molar-refractivity contribution in [2.24, 2.45) is 0 Å². The lowest BCUT2D eigenvalue weighted by Gasteiger charge is -2.16. The predicted molar refractivity (Wildman–Crippen MR) is 76.0 cm³/mol. The van der Waals surface area contributed by atoms with Gasteiger partial charge in [0.2, 0.25) is 0 Å². The van der Waals surface area contributed by atoms with Crippen molar-refractivity contribution in [2.75, 3.05) is 7.11 Å². The SMILES string of the molecule is COc1cc(CO)ccc1Oc1c(F)cccc1[C@H](C)O. The zero-order valence-corrected chi connectivity index (χ0v) is 11.8. The Morgan fingerprint density at radius 3 is 2.57 bits per heavy atom. The average Bonchev–Trinajstić information content (AvgIpc) is 2.49. The largest absolute Gasteiger partial charge is 0.493 e. The third-order valence-corrected chi connectivity index (χ3v) is 3.07. The number of rotatable bonds is 5. The molecule has 0 fully saturated rings. The minimum atomic E-state index is -0.863. The molecule has 0 heterocycles. The molecule has 0 aliphatic heterocycles. The van der Waals surface area contributed by atoms with Gasteiger partial charge in [0.25, 0.3) is 0 Å². The molecule has 2 aromatic carbocycles. The summed E-state index contributed by atoms with van der Waals surface area (Å²) in [5.41, 5.74) is 1.01. The maximum atomic E-state index is 14.0. The molecule has 112 valence electrons. The van der Waals surface area contributed by atoms with Gasteiger partial charge >= 0.3 is 0 Å². The number of para-hydroxylation sites is 1. The first-order valence-electron chi connectivity index (χ1n) is 6.49. The van der Waals surface area contributed by atoms with Crippen LogP contribution in [0.25, 0.3) is 0 Å². The zero-order valence-electron chi connectivity index (χ0n) is 11.8. The van der Waals surface area contributed by atoms with E-state index < -0.39 is 11.9 Å². The normalized spacial score (nSPS) is 12.0. The molecule has 2 rings (SSSR count). The van der Waals surface area contributed by atoms with E-state index in [0.717, 1.165) is 0 Å². The van der Waals surface area contributed by atoms with E-state index >= 15 is 0 Å². The van der Waals surface area contributed by atoms with Crippen molar-refractivity contribution < 1.29 is 24.1 Å². The topological polar surface area (TPSA) is 58.9 Å². The van der Waals surface area contributed by atoms with E-state index in [4.69, 9.17) is 14.6 Å².